The standard InChI is InChI=1S/C11H13ClN2O4/c12-6-1-7-18-8-11(15)13-9-2-4-10(5-3-9)14(16)17/h2-5H,1,6-8H2,(H,13,15). The number of hydrogen-bond donors (Lipinski definition) is 1. The zero-order chi connectivity index (χ0) is 13.4. The maximum Gasteiger partial charge on any atom is 0.269 e. The van der Waals surface area contributed by atoms with Gasteiger partial charge in [-0.1, -0.05) is 0 Å². The number of hydrogen-bond acceptors (Lipinski definition) is 4. The number of halogens is 1. The Labute approximate surface area is 109 Å². The third-order valence-corrected chi connectivity index (χ3v) is 2.28. The van der Waals surface area contributed by atoms with Crippen LogP contribution < -0.4 is 5.32 Å². The number of carbonyl (C=O) groups excluding carboxylic acids is 1. The number of rotatable bonds is 7. The summed E-state index contributed by atoms with van der Waals surface area (Å²) in [6, 6.07) is 5.58. The first kappa shape index (κ1) is 14.4. The summed E-state index contributed by atoms with van der Waals surface area (Å²) in [6.45, 7) is 0.366. The molecule has 0 bridgehead atoms. The summed E-state index contributed by atoms with van der Waals surface area (Å²) in [5.74, 6) is 0.183. The Morgan fingerprint density at radius 2 is 2.06 bits per heavy atom. The van der Waals surface area contributed by atoms with Crippen molar-refractivity contribution in [1.29, 1.82) is 0 Å². The lowest BCUT2D eigenvalue weighted by Gasteiger charge is -2.05. The van der Waals surface area contributed by atoms with Gasteiger partial charge in [0.05, 0.1) is 4.92 Å². The van der Waals surface area contributed by atoms with Crippen LogP contribution in [0, 0.1) is 10.1 Å². The lowest BCUT2D eigenvalue weighted by Crippen LogP contribution is -2.18. The predicted molar refractivity (Wildman–Crippen MR) is 67.9 cm³/mol. The largest absolute Gasteiger partial charge is 0.372 e. The van der Waals surface area contributed by atoms with Gasteiger partial charge in [-0.15, -0.1) is 11.6 Å². The van der Waals surface area contributed by atoms with Crippen LogP contribution in [0.4, 0.5) is 11.4 Å². The van der Waals surface area contributed by atoms with Gasteiger partial charge in [0.1, 0.15) is 6.61 Å². The molecule has 0 unspecified atom stereocenters. The molecular formula is C11H13ClN2O4. The smallest absolute Gasteiger partial charge is 0.269 e. The molecule has 0 heterocycles. The van der Waals surface area contributed by atoms with Gasteiger partial charge in [-0.05, 0) is 18.6 Å². The van der Waals surface area contributed by atoms with Crippen molar-refractivity contribution in [2.45, 2.75) is 6.42 Å². The first-order valence-electron chi connectivity index (χ1n) is 5.31. The zero-order valence-electron chi connectivity index (χ0n) is 9.60. The number of nitro benzene ring substituents is 1. The number of nitrogens with one attached hydrogen (secondary N) is 1. The number of benzene rings is 1. The minimum atomic E-state index is -0.499. The molecule has 7 heteroatoms. The molecule has 0 saturated heterocycles. The Morgan fingerprint density at radius 1 is 1.39 bits per heavy atom. The molecule has 1 rings (SSSR count). The van der Waals surface area contributed by atoms with Crippen molar-refractivity contribution in [1.82, 2.24) is 0 Å². The second kappa shape index (κ2) is 7.62. The summed E-state index contributed by atoms with van der Waals surface area (Å²) in [6.07, 6.45) is 0.687. The number of nitrogens with zero attached hydrogens (tertiary/aromatic N) is 1. The Hall–Kier alpha value is -1.66. The lowest BCUT2D eigenvalue weighted by atomic mass is 10.3. The lowest BCUT2D eigenvalue weighted by molar-refractivity contribution is -0.384. The average molecular weight is 273 g/mol. The molecule has 1 aromatic rings. The fourth-order valence-corrected chi connectivity index (χ4v) is 1.29. The van der Waals surface area contributed by atoms with Crippen molar-refractivity contribution in [2.24, 2.45) is 0 Å². The molecule has 0 aliphatic carbocycles. The van der Waals surface area contributed by atoms with Gasteiger partial charge in [-0.25, -0.2) is 0 Å². The van der Waals surface area contributed by atoms with Crippen LogP contribution in [0.2, 0.25) is 0 Å². The quantitative estimate of drug-likeness (QED) is 0.357. The highest BCUT2D eigenvalue weighted by molar-refractivity contribution is 6.17. The zero-order valence-corrected chi connectivity index (χ0v) is 10.4. The van der Waals surface area contributed by atoms with E-state index in [1.807, 2.05) is 0 Å². The van der Waals surface area contributed by atoms with Crippen molar-refractivity contribution in [3.8, 4) is 0 Å². The van der Waals surface area contributed by atoms with E-state index in [0.29, 0.717) is 24.6 Å². The van der Waals surface area contributed by atoms with Gasteiger partial charge in [0, 0.05) is 30.3 Å². The van der Waals surface area contributed by atoms with E-state index in [2.05, 4.69) is 5.32 Å². The molecule has 0 atom stereocenters. The van der Waals surface area contributed by atoms with Crippen LogP contribution in [0.15, 0.2) is 24.3 Å². The molecule has 0 spiro atoms. The summed E-state index contributed by atoms with van der Waals surface area (Å²) in [5.41, 5.74) is 0.470. The highest BCUT2D eigenvalue weighted by atomic mass is 35.5. The Morgan fingerprint density at radius 3 is 2.61 bits per heavy atom. The highest BCUT2D eigenvalue weighted by Crippen LogP contribution is 2.15. The van der Waals surface area contributed by atoms with E-state index in [0.717, 1.165) is 0 Å². The van der Waals surface area contributed by atoms with Crippen LogP contribution in [0.3, 0.4) is 0 Å². The van der Waals surface area contributed by atoms with Gasteiger partial charge in [-0.2, -0.15) is 0 Å². The Bertz CT molecular complexity index is 408. The molecule has 1 amide bonds. The third kappa shape index (κ3) is 5.11. The first-order valence-corrected chi connectivity index (χ1v) is 5.85. The molecule has 0 aliphatic heterocycles. The van der Waals surface area contributed by atoms with Gasteiger partial charge in [0.15, 0.2) is 0 Å². The van der Waals surface area contributed by atoms with Gasteiger partial charge < -0.3 is 10.1 Å². The SMILES string of the molecule is O=C(COCCCCl)Nc1ccc([N+](=O)[O-])cc1. The molecule has 0 aromatic heterocycles. The molecule has 98 valence electrons. The molecule has 18 heavy (non-hydrogen) atoms. The minimum absolute atomic E-state index is 0.0219. The van der Waals surface area contributed by atoms with Gasteiger partial charge in [-0.3, -0.25) is 14.9 Å². The minimum Gasteiger partial charge on any atom is -0.372 e. The second-order valence-electron chi connectivity index (χ2n) is 3.45. The number of anilines is 1. The Balaban J connectivity index is 2.37. The van der Waals surface area contributed by atoms with E-state index < -0.39 is 4.92 Å². The molecular weight excluding hydrogens is 260 g/mol. The van der Waals surface area contributed by atoms with E-state index in [1.54, 1.807) is 0 Å². The molecule has 0 fully saturated rings. The number of carbonyl (C=O) groups is 1. The van der Waals surface area contributed by atoms with Crippen LogP contribution in [0.1, 0.15) is 6.42 Å². The highest BCUT2D eigenvalue weighted by Gasteiger charge is 2.06. The summed E-state index contributed by atoms with van der Waals surface area (Å²) >= 11 is 5.45. The summed E-state index contributed by atoms with van der Waals surface area (Å²) in [5, 5.41) is 13.0. The summed E-state index contributed by atoms with van der Waals surface area (Å²) in [4.78, 5) is 21.3. The van der Waals surface area contributed by atoms with Crippen LogP contribution in [-0.4, -0.2) is 29.9 Å². The van der Waals surface area contributed by atoms with Crippen LogP contribution in [0.5, 0.6) is 0 Å². The maximum atomic E-state index is 11.4. The van der Waals surface area contributed by atoms with Crippen LogP contribution in [-0.2, 0) is 9.53 Å². The van der Waals surface area contributed by atoms with E-state index in [-0.39, 0.29) is 18.2 Å². The number of non-ortho nitro benzene ring substituents is 1. The number of ether oxygens (including phenoxy) is 1. The van der Waals surface area contributed by atoms with Crippen molar-refractivity contribution in [3.05, 3.63) is 34.4 Å². The van der Waals surface area contributed by atoms with Crippen LogP contribution >= 0.6 is 11.6 Å². The fourth-order valence-electron chi connectivity index (χ4n) is 1.19. The average Bonchev–Trinajstić information content (AvgIpc) is 2.35. The number of amides is 1. The van der Waals surface area contributed by atoms with Crippen molar-refractivity contribution >= 4 is 28.9 Å². The molecule has 0 saturated carbocycles. The second-order valence-corrected chi connectivity index (χ2v) is 3.83. The normalized spacial score (nSPS) is 10.1. The maximum absolute atomic E-state index is 11.4. The first-order chi connectivity index (χ1) is 8.63. The van der Waals surface area contributed by atoms with Gasteiger partial charge >= 0.3 is 0 Å². The van der Waals surface area contributed by atoms with Crippen molar-refractivity contribution < 1.29 is 14.5 Å². The number of alkyl halides is 1. The van der Waals surface area contributed by atoms with Crippen LogP contribution in [0.25, 0.3) is 0 Å². The number of nitro groups is 1. The summed E-state index contributed by atoms with van der Waals surface area (Å²) < 4.78 is 5.07. The van der Waals surface area contributed by atoms with E-state index in [4.69, 9.17) is 16.3 Å². The molecule has 6 nitrogen and oxygen atoms in total. The van der Waals surface area contributed by atoms with E-state index >= 15 is 0 Å². The van der Waals surface area contributed by atoms with Crippen molar-refractivity contribution in [2.75, 3.05) is 24.4 Å². The fraction of sp³-hybridized carbons (Fsp3) is 0.364. The van der Waals surface area contributed by atoms with E-state index in [1.165, 1.54) is 24.3 Å². The molecule has 1 N–H and O–H groups in total. The molecule has 0 radical (unpaired) electrons. The predicted octanol–water partition coefficient (Wildman–Crippen LogP) is 2.18. The van der Waals surface area contributed by atoms with E-state index in [9.17, 15) is 14.9 Å². The molecule has 1 aromatic carbocycles. The Kier molecular flexibility index (Phi) is 6.10. The summed E-state index contributed by atoms with van der Waals surface area (Å²) in [7, 11) is 0. The van der Waals surface area contributed by atoms with Gasteiger partial charge in [0.25, 0.3) is 5.69 Å². The third-order valence-electron chi connectivity index (χ3n) is 2.02. The topological polar surface area (TPSA) is 81.5 Å². The molecule has 0 aliphatic rings. The monoisotopic (exact) mass is 272 g/mol. The van der Waals surface area contributed by atoms with Crippen molar-refractivity contribution in [3.63, 3.8) is 0 Å². The van der Waals surface area contributed by atoms with Gasteiger partial charge in [0.2, 0.25) is 5.91 Å².